The van der Waals surface area contributed by atoms with Crippen LogP contribution in [0.5, 0.6) is 0 Å². The van der Waals surface area contributed by atoms with Gasteiger partial charge in [0.15, 0.2) is 0 Å². The fraction of sp³-hybridized carbons (Fsp3) is 0.161. The lowest BCUT2D eigenvalue weighted by Gasteiger charge is -2.48. The van der Waals surface area contributed by atoms with Crippen molar-refractivity contribution >= 4 is 17.6 Å². The minimum Gasteiger partial charge on any atom is -0.478 e. The molecule has 4 aromatic rings. The van der Waals surface area contributed by atoms with Gasteiger partial charge in [-0.05, 0) is 83.6 Å². The lowest BCUT2D eigenvalue weighted by molar-refractivity contribution is -0.131. The summed E-state index contributed by atoms with van der Waals surface area (Å²) in [6.07, 6.45) is -0.120. The second-order valence-corrected chi connectivity index (χ2v) is 9.39. The molecule has 192 valence electrons. The van der Waals surface area contributed by atoms with Crippen molar-refractivity contribution in [3.05, 3.63) is 125 Å². The number of carboxylic acids is 1. The van der Waals surface area contributed by atoms with Gasteiger partial charge in [-0.2, -0.15) is 0 Å². The Labute approximate surface area is 218 Å². The van der Waals surface area contributed by atoms with Crippen LogP contribution in [0.3, 0.4) is 0 Å². The number of nitrogens with zero attached hydrogens (tertiary/aromatic N) is 1. The van der Waals surface area contributed by atoms with Crippen LogP contribution in [-0.2, 0) is 4.79 Å². The first-order valence-corrected chi connectivity index (χ1v) is 12.3. The zero-order chi connectivity index (χ0) is 26.8. The number of carbonyl (C=O) groups excluding carboxylic acids is 1. The molecule has 7 heteroatoms. The molecule has 1 heterocycles. The first kappa shape index (κ1) is 25.3. The zero-order valence-corrected chi connectivity index (χ0v) is 20.3. The fourth-order valence-corrected chi connectivity index (χ4v) is 4.99. The van der Waals surface area contributed by atoms with Gasteiger partial charge in [0.1, 0.15) is 11.6 Å². The standard InChI is InChI=1S/C31H25F2NO4/c32-24-10-8-20(9-11-24)28(35)17-16-27-29(34(30(27)36)26-14-12-25(33)13-15-26)21-6-4-19(5-7-21)22-2-1-3-23(18-22)31(37)38/h1-15,18,27-29,35H,16-17H2,(H,37,38). The zero-order valence-electron chi connectivity index (χ0n) is 20.3. The summed E-state index contributed by atoms with van der Waals surface area (Å²) < 4.78 is 26.8. The Morgan fingerprint density at radius 3 is 2.11 bits per heavy atom. The van der Waals surface area contributed by atoms with Crippen LogP contribution in [0.25, 0.3) is 11.1 Å². The highest BCUT2D eigenvalue weighted by molar-refractivity contribution is 6.03. The van der Waals surface area contributed by atoms with E-state index in [1.165, 1.54) is 42.5 Å². The predicted molar refractivity (Wildman–Crippen MR) is 140 cm³/mol. The summed E-state index contributed by atoms with van der Waals surface area (Å²) in [4.78, 5) is 26.2. The molecule has 3 unspecified atom stereocenters. The summed E-state index contributed by atoms with van der Waals surface area (Å²) >= 11 is 0. The fourth-order valence-electron chi connectivity index (χ4n) is 4.99. The maximum atomic E-state index is 13.6. The van der Waals surface area contributed by atoms with Gasteiger partial charge in [0, 0.05) is 5.69 Å². The summed E-state index contributed by atoms with van der Waals surface area (Å²) in [6.45, 7) is 0. The van der Waals surface area contributed by atoms with Crippen molar-refractivity contribution in [2.75, 3.05) is 4.90 Å². The average molecular weight is 514 g/mol. The van der Waals surface area contributed by atoms with Gasteiger partial charge in [0.05, 0.1) is 23.6 Å². The van der Waals surface area contributed by atoms with Crippen molar-refractivity contribution in [2.45, 2.75) is 25.0 Å². The van der Waals surface area contributed by atoms with Crippen LogP contribution in [0.1, 0.15) is 46.5 Å². The molecule has 1 fully saturated rings. The number of anilines is 1. The van der Waals surface area contributed by atoms with Crippen molar-refractivity contribution in [1.29, 1.82) is 0 Å². The van der Waals surface area contributed by atoms with E-state index in [4.69, 9.17) is 0 Å². The maximum absolute atomic E-state index is 13.6. The van der Waals surface area contributed by atoms with Crippen LogP contribution in [0.15, 0.2) is 97.1 Å². The Morgan fingerprint density at radius 2 is 1.47 bits per heavy atom. The average Bonchev–Trinajstić information content (AvgIpc) is 2.93. The van der Waals surface area contributed by atoms with Crippen molar-refractivity contribution in [1.82, 2.24) is 0 Å². The maximum Gasteiger partial charge on any atom is 0.335 e. The third-order valence-corrected chi connectivity index (χ3v) is 7.02. The number of aliphatic hydroxyl groups excluding tert-OH is 1. The molecule has 1 aliphatic heterocycles. The van der Waals surface area contributed by atoms with E-state index in [1.807, 2.05) is 30.3 Å². The highest BCUT2D eigenvalue weighted by atomic mass is 19.1. The van der Waals surface area contributed by atoms with E-state index in [1.54, 1.807) is 29.2 Å². The SMILES string of the molecule is O=C(O)c1cccc(-c2ccc(C3C(CCC(O)c4ccc(F)cc4)C(=O)N3c3ccc(F)cc3)cc2)c1. The number of β-lactam (4-membered cyclic amide) rings is 1. The molecule has 0 aliphatic carbocycles. The third kappa shape index (κ3) is 5.06. The number of halogens is 2. The Kier molecular flexibility index (Phi) is 7.03. The molecule has 4 aromatic carbocycles. The molecule has 0 radical (unpaired) electrons. The van der Waals surface area contributed by atoms with E-state index in [0.29, 0.717) is 24.1 Å². The molecule has 2 N–H and O–H groups in total. The Balaban J connectivity index is 1.40. The van der Waals surface area contributed by atoms with Crippen LogP contribution < -0.4 is 4.90 Å². The van der Waals surface area contributed by atoms with Crippen LogP contribution in [-0.4, -0.2) is 22.1 Å². The molecule has 1 aliphatic rings. The van der Waals surface area contributed by atoms with Crippen molar-refractivity contribution in [3.63, 3.8) is 0 Å². The quantitative estimate of drug-likeness (QED) is 0.262. The summed E-state index contributed by atoms with van der Waals surface area (Å²) in [7, 11) is 0. The molecule has 5 rings (SSSR count). The number of benzene rings is 4. The normalized spacial score (nSPS) is 17.7. The number of rotatable bonds is 8. The highest BCUT2D eigenvalue weighted by Gasteiger charge is 2.48. The molecule has 0 saturated carbocycles. The third-order valence-electron chi connectivity index (χ3n) is 7.02. The van der Waals surface area contributed by atoms with E-state index < -0.39 is 23.8 Å². The molecule has 3 atom stereocenters. The van der Waals surface area contributed by atoms with Crippen LogP contribution in [0.4, 0.5) is 14.5 Å². The van der Waals surface area contributed by atoms with Gasteiger partial charge in [-0.3, -0.25) is 4.79 Å². The van der Waals surface area contributed by atoms with E-state index in [-0.39, 0.29) is 23.3 Å². The lowest BCUT2D eigenvalue weighted by atomic mass is 9.78. The molecule has 1 amide bonds. The Bertz CT molecular complexity index is 1450. The number of hydrogen-bond acceptors (Lipinski definition) is 3. The van der Waals surface area contributed by atoms with Gasteiger partial charge >= 0.3 is 5.97 Å². The summed E-state index contributed by atoms with van der Waals surface area (Å²) in [5.74, 6) is -2.31. The molecule has 0 bridgehead atoms. The smallest absolute Gasteiger partial charge is 0.335 e. The number of amides is 1. The van der Waals surface area contributed by atoms with E-state index >= 15 is 0 Å². The van der Waals surface area contributed by atoms with Crippen LogP contribution >= 0.6 is 0 Å². The van der Waals surface area contributed by atoms with Gasteiger partial charge in [-0.1, -0.05) is 48.5 Å². The molecule has 0 spiro atoms. The summed E-state index contributed by atoms with van der Waals surface area (Å²) in [6, 6.07) is 25.3. The molecular formula is C31H25F2NO4. The topological polar surface area (TPSA) is 77.8 Å². The molecule has 0 aromatic heterocycles. The first-order chi connectivity index (χ1) is 18.3. The number of carboxylic acid groups (broad SMARTS) is 1. The van der Waals surface area contributed by atoms with Gasteiger partial charge in [-0.25, -0.2) is 13.6 Å². The summed E-state index contributed by atoms with van der Waals surface area (Å²) in [5, 5.41) is 19.9. The minimum atomic E-state index is -1.00. The molecule has 38 heavy (non-hydrogen) atoms. The largest absolute Gasteiger partial charge is 0.478 e. The van der Waals surface area contributed by atoms with Gasteiger partial charge in [0.25, 0.3) is 0 Å². The monoisotopic (exact) mass is 513 g/mol. The van der Waals surface area contributed by atoms with E-state index in [9.17, 15) is 28.6 Å². The molecule has 5 nitrogen and oxygen atoms in total. The minimum absolute atomic E-state index is 0.119. The predicted octanol–water partition coefficient (Wildman–Crippen LogP) is 6.55. The van der Waals surface area contributed by atoms with Crippen LogP contribution in [0.2, 0.25) is 0 Å². The number of hydrogen-bond donors (Lipinski definition) is 2. The van der Waals surface area contributed by atoms with E-state index in [0.717, 1.165) is 16.7 Å². The van der Waals surface area contributed by atoms with Gasteiger partial charge in [-0.15, -0.1) is 0 Å². The number of carbonyl (C=O) groups is 2. The second-order valence-electron chi connectivity index (χ2n) is 9.39. The summed E-state index contributed by atoms with van der Waals surface area (Å²) in [5.41, 5.74) is 3.81. The van der Waals surface area contributed by atoms with Crippen molar-refractivity contribution in [2.24, 2.45) is 5.92 Å². The highest BCUT2D eigenvalue weighted by Crippen LogP contribution is 2.46. The molecular weight excluding hydrogens is 488 g/mol. The van der Waals surface area contributed by atoms with Gasteiger partial charge < -0.3 is 15.1 Å². The van der Waals surface area contributed by atoms with E-state index in [2.05, 4.69) is 0 Å². The Morgan fingerprint density at radius 1 is 0.842 bits per heavy atom. The van der Waals surface area contributed by atoms with Crippen molar-refractivity contribution < 1.29 is 28.6 Å². The molecule has 1 saturated heterocycles. The van der Waals surface area contributed by atoms with Crippen LogP contribution in [0, 0.1) is 17.6 Å². The lowest BCUT2D eigenvalue weighted by Crippen LogP contribution is -2.55. The first-order valence-electron chi connectivity index (χ1n) is 12.3. The number of aliphatic hydroxyl groups is 1. The second kappa shape index (κ2) is 10.6. The van der Waals surface area contributed by atoms with Gasteiger partial charge in [0.2, 0.25) is 5.91 Å². The Hall–Kier alpha value is -4.36. The number of aromatic carboxylic acids is 1. The van der Waals surface area contributed by atoms with Crippen molar-refractivity contribution in [3.8, 4) is 11.1 Å².